The standard InChI is InChI=1S/C24H26Cl2N3O.W/c1-2-19-22(24(30)28-14-8-3-4-9-15-28)27-29(21-13-12-18(25)16-20(21)26)23(19)17-10-6-5-7-11-17;/h6-7,10-13,16,19,23H,2-4,8-9,14-15H2,1H3;/q-1;. The number of anilines is 1. The molecule has 2 aliphatic rings. The molecule has 0 N–H and O–H groups in total. The van der Waals surface area contributed by atoms with E-state index < -0.39 is 0 Å². The number of hydrogen-bond acceptors (Lipinski definition) is 3. The van der Waals surface area contributed by atoms with Gasteiger partial charge in [0, 0.05) is 45.1 Å². The Labute approximate surface area is 208 Å². The number of carbonyl (C=O) groups excluding carboxylic acids is 1. The van der Waals surface area contributed by atoms with Gasteiger partial charge in [0.1, 0.15) is 5.71 Å². The van der Waals surface area contributed by atoms with E-state index in [9.17, 15) is 4.79 Å². The maximum absolute atomic E-state index is 13.5. The number of rotatable bonds is 4. The molecule has 2 aromatic rings. The minimum Gasteiger partial charge on any atom is -0.338 e. The third-order valence-electron chi connectivity index (χ3n) is 6.01. The third kappa shape index (κ3) is 5.18. The Balaban J connectivity index is 0.00000272. The second-order valence-corrected chi connectivity index (χ2v) is 8.77. The summed E-state index contributed by atoms with van der Waals surface area (Å²) in [5.74, 6) is 0.0405. The summed E-state index contributed by atoms with van der Waals surface area (Å²) in [6.07, 6.45) is 5.29. The molecule has 2 unspecified atom stereocenters. The fourth-order valence-corrected chi connectivity index (χ4v) is 4.96. The molecule has 164 valence electrons. The van der Waals surface area contributed by atoms with Crippen molar-refractivity contribution in [1.29, 1.82) is 0 Å². The van der Waals surface area contributed by atoms with Crippen molar-refractivity contribution in [3.8, 4) is 0 Å². The van der Waals surface area contributed by atoms with E-state index in [0.29, 0.717) is 15.8 Å². The molecular formula is C24H26Cl2N3OW-. The first kappa shape index (κ1) is 24.3. The molecule has 2 atom stereocenters. The van der Waals surface area contributed by atoms with Crippen LogP contribution in [0.2, 0.25) is 10.0 Å². The van der Waals surface area contributed by atoms with Gasteiger partial charge in [0.25, 0.3) is 5.91 Å². The van der Waals surface area contributed by atoms with Gasteiger partial charge in [0.2, 0.25) is 0 Å². The molecule has 0 bridgehead atoms. The number of halogens is 2. The first-order valence-electron chi connectivity index (χ1n) is 10.7. The van der Waals surface area contributed by atoms with Crippen LogP contribution in [0.25, 0.3) is 0 Å². The molecule has 4 nitrogen and oxygen atoms in total. The first-order chi connectivity index (χ1) is 14.6. The molecule has 0 radical (unpaired) electrons. The van der Waals surface area contributed by atoms with Gasteiger partial charge in [0.05, 0.1) is 16.8 Å². The number of nitrogens with zero attached hydrogens (tertiary/aromatic N) is 3. The van der Waals surface area contributed by atoms with Crippen molar-refractivity contribution >= 4 is 40.5 Å². The minimum absolute atomic E-state index is 0. The number of likely N-dealkylation sites (tertiary alicyclic amines) is 1. The molecule has 2 aromatic carbocycles. The summed E-state index contributed by atoms with van der Waals surface area (Å²) in [5, 5.41) is 7.90. The summed E-state index contributed by atoms with van der Waals surface area (Å²) in [7, 11) is 0. The van der Waals surface area contributed by atoms with Crippen LogP contribution in [0.15, 0.2) is 47.6 Å². The predicted octanol–water partition coefficient (Wildman–Crippen LogP) is 6.14. The van der Waals surface area contributed by atoms with E-state index in [0.717, 1.165) is 43.6 Å². The zero-order valence-electron chi connectivity index (χ0n) is 17.6. The molecule has 7 heteroatoms. The Morgan fingerprint density at radius 1 is 1.10 bits per heavy atom. The van der Waals surface area contributed by atoms with E-state index in [1.54, 1.807) is 6.07 Å². The van der Waals surface area contributed by atoms with Gasteiger partial charge in [-0.1, -0.05) is 43.0 Å². The van der Waals surface area contributed by atoms with E-state index in [4.69, 9.17) is 28.3 Å². The van der Waals surface area contributed by atoms with Crippen molar-refractivity contribution in [2.75, 3.05) is 18.1 Å². The number of carbonyl (C=O) groups is 1. The maximum atomic E-state index is 13.5. The Kier molecular flexibility index (Phi) is 8.61. The zero-order chi connectivity index (χ0) is 21.1. The van der Waals surface area contributed by atoms with Gasteiger partial charge in [0.15, 0.2) is 0 Å². The Bertz CT molecular complexity index is 930. The largest absolute Gasteiger partial charge is 0.338 e. The van der Waals surface area contributed by atoms with Gasteiger partial charge in [-0.3, -0.25) is 9.80 Å². The molecule has 1 saturated heterocycles. The smallest absolute Gasteiger partial charge is 0.270 e. The maximum Gasteiger partial charge on any atom is 0.270 e. The Morgan fingerprint density at radius 3 is 2.39 bits per heavy atom. The van der Waals surface area contributed by atoms with Gasteiger partial charge in [-0.05, 0) is 37.5 Å². The van der Waals surface area contributed by atoms with Crippen molar-refractivity contribution in [2.45, 2.75) is 45.1 Å². The van der Waals surface area contributed by atoms with Crippen molar-refractivity contribution in [2.24, 2.45) is 11.0 Å². The van der Waals surface area contributed by atoms with E-state index >= 15 is 0 Å². The molecule has 0 saturated carbocycles. The van der Waals surface area contributed by atoms with E-state index in [1.807, 2.05) is 46.3 Å². The van der Waals surface area contributed by atoms with Crippen molar-refractivity contribution < 1.29 is 25.9 Å². The number of benzene rings is 2. The number of hydrogen-bond donors (Lipinski definition) is 0. The molecule has 1 amide bonds. The fraction of sp³-hybridized carbons (Fsp3) is 0.417. The van der Waals surface area contributed by atoms with Gasteiger partial charge in [-0.25, -0.2) is 0 Å². The van der Waals surface area contributed by atoms with Crippen LogP contribution in [0.5, 0.6) is 0 Å². The van der Waals surface area contributed by atoms with Gasteiger partial charge >= 0.3 is 0 Å². The summed E-state index contributed by atoms with van der Waals surface area (Å²) in [6.45, 7) is 3.73. The molecule has 31 heavy (non-hydrogen) atoms. The van der Waals surface area contributed by atoms with Crippen LogP contribution >= 0.6 is 23.2 Å². The molecule has 0 spiro atoms. The van der Waals surface area contributed by atoms with Crippen molar-refractivity contribution in [1.82, 2.24) is 4.90 Å². The summed E-state index contributed by atoms with van der Waals surface area (Å²) in [6, 6.07) is 16.3. The molecule has 0 aliphatic carbocycles. The molecule has 4 rings (SSSR count). The second kappa shape index (κ2) is 11.0. The van der Waals surface area contributed by atoms with E-state index in [1.165, 1.54) is 12.8 Å². The monoisotopic (exact) mass is 626 g/mol. The van der Waals surface area contributed by atoms with E-state index in [2.05, 4.69) is 13.0 Å². The van der Waals surface area contributed by atoms with Gasteiger partial charge in [-0.2, -0.15) is 35.4 Å². The quantitative estimate of drug-likeness (QED) is 0.383. The second-order valence-electron chi connectivity index (χ2n) is 7.92. The number of amides is 1. The predicted molar refractivity (Wildman–Crippen MR) is 123 cm³/mol. The van der Waals surface area contributed by atoms with Crippen LogP contribution in [-0.2, 0) is 25.9 Å². The molecule has 2 aliphatic heterocycles. The van der Waals surface area contributed by atoms with Crippen molar-refractivity contribution in [3.05, 3.63) is 64.1 Å². The van der Waals surface area contributed by atoms with Crippen molar-refractivity contribution in [3.63, 3.8) is 0 Å². The van der Waals surface area contributed by atoms with Crippen LogP contribution in [0.1, 0.15) is 50.6 Å². The zero-order valence-corrected chi connectivity index (χ0v) is 22.0. The van der Waals surface area contributed by atoms with Crippen LogP contribution in [-0.4, -0.2) is 29.6 Å². The molecule has 2 heterocycles. The van der Waals surface area contributed by atoms with Crippen LogP contribution in [0.4, 0.5) is 5.69 Å². The van der Waals surface area contributed by atoms with Gasteiger partial charge in [-0.15, -0.1) is 5.56 Å². The average molecular weight is 627 g/mol. The fourth-order valence-electron chi connectivity index (χ4n) is 4.47. The summed E-state index contributed by atoms with van der Waals surface area (Å²) in [5.41, 5.74) is 2.48. The summed E-state index contributed by atoms with van der Waals surface area (Å²) >= 11 is 12.7. The van der Waals surface area contributed by atoms with Crippen LogP contribution in [0, 0.1) is 12.0 Å². The van der Waals surface area contributed by atoms with Gasteiger partial charge < -0.3 is 4.90 Å². The topological polar surface area (TPSA) is 35.9 Å². The summed E-state index contributed by atoms with van der Waals surface area (Å²) in [4.78, 5) is 15.5. The summed E-state index contributed by atoms with van der Waals surface area (Å²) < 4.78 is 0. The van der Waals surface area contributed by atoms with E-state index in [-0.39, 0.29) is 38.9 Å². The molecular weight excluding hydrogens is 601 g/mol. The average Bonchev–Trinajstić information content (AvgIpc) is 2.92. The number of hydrazone groups is 1. The first-order valence-corrected chi connectivity index (χ1v) is 11.4. The SMILES string of the molecule is CCC1C(C(=O)N2CCCCCC2)=NN(c2ccc(Cl)cc2Cl)C1c1cc[c-]cc1.[W]. The molecule has 0 aromatic heterocycles. The molecule has 1 fully saturated rings. The van der Waals surface area contributed by atoms with Crippen LogP contribution < -0.4 is 5.01 Å². The minimum atomic E-state index is -0.103. The third-order valence-corrected chi connectivity index (χ3v) is 6.54. The Hall–Kier alpha value is -1.35. The Morgan fingerprint density at radius 2 is 1.77 bits per heavy atom. The normalized spacial score (nSPS) is 21.3. The van der Waals surface area contributed by atoms with Crippen LogP contribution in [0.3, 0.4) is 0 Å².